The van der Waals surface area contributed by atoms with Crippen LogP contribution in [0.3, 0.4) is 0 Å². The van der Waals surface area contributed by atoms with Crippen molar-refractivity contribution in [1.82, 2.24) is 4.90 Å². The van der Waals surface area contributed by atoms with Gasteiger partial charge in [0, 0.05) is 19.5 Å². The number of rotatable bonds is 2. The second-order valence-corrected chi connectivity index (χ2v) is 4.06. The van der Waals surface area contributed by atoms with Crippen molar-refractivity contribution >= 4 is 11.8 Å². The Morgan fingerprint density at radius 1 is 1.57 bits per heavy atom. The minimum atomic E-state index is -0.130. The first-order valence-corrected chi connectivity index (χ1v) is 5.11. The van der Waals surface area contributed by atoms with Gasteiger partial charge in [-0.15, -0.1) is 0 Å². The summed E-state index contributed by atoms with van der Waals surface area (Å²) in [5, 5.41) is 0. The van der Waals surface area contributed by atoms with Crippen molar-refractivity contribution in [2.75, 3.05) is 26.2 Å². The average Bonchev–Trinajstić information content (AvgIpc) is 2.42. The van der Waals surface area contributed by atoms with Gasteiger partial charge in [-0.2, -0.15) is 0 Å². The molecule has 0 aromatic rings. The molecule has 4 heteroatoms. The summed E-state index contributed by atoms with van der Waals surface area (Å²) in [6, 6.07) is 0. The van der Waals surface area contributed by atoms with Gasteiger partial charge in [-0.25, -0.2) is 0 Å². The molecular formula is C10H15NO3. The lowest BCUT2D eigenvalue weighted by Crippen LogP contribution is -2.33. The topological polar surface area (TPSA) is 46.6 Å². The Labute approximate surface area is 83.2 Å². The third-order valence-electron chi connectivity index (χ3n) is 3.00. The number of hydrogen-bond acceptors (Lipinski definition) is 4. The summed E-state index contributed by atoms with van der Waals surface area (Å²) < 4.78 is 4.99. The van der Waals surface area contributed by atoms with Gasteiger partial charge >= 0.3 is 5.97 Å². The Hall–Kier alpha value is -0.900. The van der Waals surface area contributed by atoms with E-state index >= 15 is 0 Å². The molecule has 0 saturated carbocycles. The molecule has 0 aliphatic carbocycles. The highest BCUT2D eigenvalue weighted by Crippen LogP contribution is 2.31. The molecule has 0 aromatic carbocycles. The van der Waals surface area contributed by atoms with E-state index < -0.39 is 0 Å². The highest BCUT2D eigenvalue weighted by molar-refractivity contribution is 5.84. The molecule has 0 amide bonds. The molecule has 2 bridgehead atoms. The van der Waals surface area contributed by atoms with E-state index in [0.29, 0.717) is 26.1 Å². The van der Waals surface area contributed by atoms with Crippen molar-refractivity contribution < 1.29 is 14.3 Å². The molecule has 0 aromatic heterocycles. The normalized spacial score (nSPS) is 35.8. The van der Waals surface area contributed by atoms with Crippen LogP contribution in [0, 0.1) is 11.8 Å². The summed E-state index contributed by atoms with van der Waals surface area (Å²) in [6.45, 7) is 4.34. The second kappa shape index (κ2) is 3.69. The van der Waals surface area contributed by atoms with Crippen molar-refractivity contribution in [2.24, 2.45) is 11.8 Å². The second-order valence-electron chi connectivity index (χ2n) is 4.06. The van der Waals surface area contributed by atoms with Gasteiger partial charge < -0.3 is 4.74 Å². The highest BCUT2D eigenvalue weighted by atomic mass is 16.5. The molecule has 2 saturated heterocycles. The molecule has 0 spiro atoms. The number of piperidine rings is 1. The lowest BCUT2D eigenvalue weighted by Gasteiger charge is -2.20. The van der Waals surface area contributed by atoms with Gasteiger partial charge in [0.1, 0.15) is 5.78 Å². The maximum Gasteiger partial charge on any atom is 0.310 e. The fourth-order valence-electron chi connectivity index (χ4n) is 2.42. The highest BCUT2D eigenvalue weighted by Gasteiger charge is 2.43. The monoisotopic (exact) mass is 197 g/mol. The lowest BCUT2D eigenvalue weighted by molar-refractivity contribution is -0.148. The van der Waals surface area contributed by atoms with Crippen molar-refractivity contribution in [1.29, 1.82) is 0 Å². The summed E-state index contributed by atoms with van der Waals surface area (Å²) in [5.74, 6) is 0.263. The van der Waals surface area contributed by atoms with Crippen LogP contribution in [0.25, 0.3) is 0 Å². The predicted molar refractivity (Wildman–Crippen MR) is 49.7 cm³/mol. The number of ether oxygens (including phenoxy) is 1. The van der Waals surface area contributed by atoms with Gasteiger partial charge in [0.25, 0.3) is 0 Å². The van der Waals surface area contributed by atoms with Gasteiger partial charge in [0.15, 0.2) is 0 Å². The van der Waals surface area contributed by atoms with E-state index in [4.69, 9.17) is 4.74 Å². The van der Waals surface area contributed by atoms with Crippen molar-refractivity contribution in [3.63, 3.8) is 0 Å². The lowest BCUT2D eigenvalue weighted by atomic mass is 9.91. The quantitative estimate of drug-likeness (QED) is 0.588. The predicted octanol–water partition coefficient (Wildman–Crippen LogP) is 0.0703. The van der Waals surface area contributed by atoms with Crippen LogP contribution in [-0.2, 0) is 14.3 Å². The molecule has 2 rings (SSSR count). The number of carbonyl (C=O) groups is 2. The maximum absolute atomic E-state index is 11.5. The molecule has 2 heterocycles. The molecule has 4 nitrogen and oxygen atoms in total. The van der Waals surface area contributed by atoms with Crippen molar-refractivity contribution in [2.45, 2.75) is 13.3 Å². The maximum atomic E-state index is 11.5. The summed E-state index contributed by atoms with van der Waals surface area (Å²) in [5.41, 5.74) is 0. The molecule has 78 valence electrons. The Kier molecular flexibility index (Phi) is 2.54. The molecular weight excluding hydrogens is 182 g/mol. The van der Waals surface area contributed by atoms with Gasteiger partial charge in [-0.3, -0.25) is 14.5 Å². The largest absolute Gasteiger partial charge is 0.466 e. The first-order valence-electron chi connectivity index (χ1n) is 5.11. The number of ketones is 1. The summed E-state index contributed by atoms with van der Waals surface area (Å²) in [6.07, 6.45) is 0.556. The fourth-order valence-corrected chi connectivity index (χ4v) is 2.42. The Bertz CT molecular complexity index is 264. The van der Waals surface area contributed by atoms with Crippen LogP contribution in [0.4, 0.5) is 0 Å². The first-order chi connectivity index (χ1) is 6.70. The van der Waals surface area contributed by atoms with Crippen LogP contribution in [-0.4, -0.2) is 42.9 Å². The molecule has 0 N–H and O–H groups in total. The van der Waals surface area contributed by atoms with E-state index in [2.05, 4.69) is 4.90 Å². The third-order valence-corrected chi connectivity index (χ3v) is 3.00. The molecule has 0 radical (unpaired) electrons. The van der Waals surface area contributed by atoms with Crippen molar-refractivity contribution in [3.8, 4) is 0 Å². The number of Topliss-reactive ketones (excluding diaryl/α,β-unsaturated/α-hetero) is 1. The van der Waals surface area contributed by atoms with Crippen LogP contribution in [0.5, 0.6) is 0 Å². The SMILES string of the molecule is CCOC(=O)C1CN2CC(=O)CC1C2. The standard InChI is InChI=1S/C10H15NO3/c1-2-14-10(13)9-6-11-4-7(9)3-8(12)5-11/h7,9H,2-6H2,1H3. The number of nitrogens with zero attached hydrogens (tertiary/aromatic N) is 1. The van der Waals surface area contributed by atoms with E-state index in [1.807, 2.05) is 6.92 Å². The van der Waals surface area contributed by atoms with Crippen LogP contribution in [0.15, 0.2) is 0 Å². The van der Waals surface area contributed by atoms with Gasteiger partial charge in [-0.05, 0) is 12.8 Å². The van der Waals surface area contributed by atoms with Gasteiger partial charge in [0.2, 0.25) is 0 Å². The summed E-state index contributed by atoms with van der Waals surface area (Å²) >= 11 is 0. The van der Waals surface area contributed by atoms with E-state index in [9.17, 15) is 9.59 Å². The fraction of sp³-hybridized carbons (Fsp3) is 0.800. The van der Waals surface area contributed by atoms with Crippen LogP contribution in [0.1, 0.15) is 13.3 Å². The zero-order valence-corrected chi connectivity index (χ0v) is 8.36. The van der Waals surface area contributed by atoms with Crippen LogP contribution in [0.2, 0.25) is 0 Å². The number of fused-ring (bicyclic) bond motifs is 2. The van der Waals surface area contributed by atoms with E-state index in [-0.39, 0.29) is 23.6 Å². The minimum Gasteiger partial charge on any atom is -0.466 e. The Morgan fingerprint density at radius 2 is 2.36 bits per heavy atom. The molecule has 14 heavy (non-hydrogen) atoms. The number of hydrogen-bond donors (Lipinski definition) is 0. The zero-order chi connectivity index (χ0) is 10.1. The van der Waals surface area contributed by atoms with E-state index in [1.165, 1.54) is 0 Å². The molecule has 2 aliphatic heterocycles. The number of carbonyl (C=O) groups excluding carboxylic acids is 2. The van der Waals surface area contributed by atoms with Crippen molar-refractivity contribution in [3.05, 3.63) is 0 Å². The van der Waals surface area contributed by atoms with E-state index in [1.54, 1.807) is 0 Å². The average molecular weight is 197 g/mol. The first kappa shape index (κ1) is 9.65. The van der Waals surface area contributed by atoms with Crippen LogP contribution >= 0.6 is 0 Å². The van der Waals surface area contributed by atoms with Gasteiger partial charge in [0.05, 0.1) is 19.1 Å². The Morgan fingerprint density at radius 3 is 3.07 bits per heavy atom. The Balaban J connectivity index is 2.02. The summed E-state index contributed by atoms with van der Waals surface area (Å²) in [7, 11) is 0. The van der Waals surface area contributed by atoms with Crippen LogP contribution < -0.4 is 0 Å². The molecule has 2 aliphatic rings. The number of esters is 1. The summed E-state index contributed by atoms with van der Waals surface area (Å²) in [4.78, 5) is 24.8. The molecule has 3 atom stereocenters. The van der Waals surface area contributed by atoms with Gasteiger partial charge in [-0.1, -0.05) is 0 Å². The zero-order valence-electron chi connectivity index (χ0n) is 8.36. The third kappa shape index (κ3) is 1.66. The minimum absolute atomic E-state index is 0.0681. The molecule has 3 unspecified atom stereocenters. The molecule has 2 fully saturated rings. The van der Waals surface area contributed by atoms with E-state index in [0.717, 1.165) is 6.54 Å². The smallest absolute Gasteiger partial charge is 0.310 e.